The van der Waals surface area contributed by atoms with E-state index < -0.39 is 0 Å². The fourth-order valence-electron chi connectivity index (χ4n) is 1.82. The van der Waals surface area contributed by atoms with Crippen molar-refractivity contribution in [1.29, 1.82) is 0 Å². The smallest absolute Gasteiger partial charge is 0.231 e. The van der Waals surface area contributed by atoms with E-state index in [1.807, 2.05) is 12.1 Å². The first-order chi connectivity index (χ1) is 9.81. The molecule has 2 aromatic heterocycles. The highest BCUT2D eigenvalue weighted by Gasteiger charge is 2.16. The van der Waals surface area contributed by atoms with Crippen molar-refractivity contribution in [2.24, 2.45) is 0 Å². The first-order valence-corrected chi connectivity index (χ1v) is 7.05. The summed E-state index contributed by atoms with van der Waals surface area (Å²) in [4.78, 5) is 19.9. The molecule has 2 N–H and O–H groups in total. The Labute approximate surface area is 120 Å². The van der Waals surface area contributed by atoms with E-state index in [4.69, 9.17) is 10.5 Å². The predicted molar refractivity (Wildman–Crippen MR) is 75.6 cm³/mol. The molecule has 20 heavy (non-hydrogen) atoms. The zero-order valence-corrected chi connectivity index (χ0v) is 11.6. The Hall–Kier alpha value is -1.93. The minimum absolute atomic E-state index is 0.234. The molecule has 0 bridgehead atoms. The summed E-state index contributed by atoms with van der Waals surface area (Å²) < 4.78 is 5.32. The molecule has 0 aromatic carbocycles. The lowest BCUT2D eigenvalue weighted by molar-refractivity contribution is 0.122. The van der Waals surface area contributed by atoms with Gasteiger partial charge in [-0.2, -0.15) is 15.0 Å². The van der Waals surface area contributed by atoms with Crippen LogP contribution in [-0.2, 0) is 4.74 Å². The molecular formula is C12H14N6OS. The van der Waals surface area contributed by atoms with Crippen LogP contribution < -0.4 is 10.6 Å². The summed E-state index contributed by atoms with van der Waals surface area (Å²) in [7, 11) is 0. The summed E-state index contributed by atoms with van der Waals surface area (Å²) in [6, 6.07) is 3.80. The van der Waals surface area contributed by atoms with Gasteiger partial charge < -0.3 is 15.4 Å². The van der Waals surface area contributed by atoms with Crippen LogP contribution in [0, 0.1) is 0 Å². The average molecular weight is 290 g/mol. The summed E-state index contributed by atoms with van der Waals surface area (Å²) in [6.07, 6.45) is 3.46. The molecule has 0 amide bonds. The van der Waals surface area contributed by atoms with Gasteiger partial charge in [0.1, 0.15) is 0 Å². The van der Waals surface area contributed by atoms with E-state index in [1.165, 1.54) is 11.8 Å². The SMILES string of the molecule is Nc1nc(Sc2ccncc2)nc(N2CCOCC2)n1. The van der Waals surface area contributed by atoms with Crippen LogP contribution in [0.15, 0.2) is 34.6 Å². The Bertz CT molecular complexity index is 575. The van der Waals surface area contributed by atoms with Crippen LogP contribution in [0.2, 0.25) is 0 Å². The first kappa shape index (κ1) is 13.1. The summed E-state index contributed by atoms with van der Waals surface area (Å²) in [6.45, 7) is 2.89. The fourth-order valence-corrected chi connectivity index (χ4v) is 2.56. The number of aromatic nitrogens is 4. The minimum Gasteiger partial charge on any atom is -0.378 e. The maximum atomic E-state index is 5.77. The second-order valence-corrected chi connectivity index (χ2v) is 5.20. The van der Waals surface area contributed by atoms with Crippen LogP contribution in [-0.4, -0.2) is 46.2 Å². The minimum atomic E-state index is 0.234. The molecule has 1 aliphatic rings. The molecule has 0 spiro atoms. The van der Waals surface area contributed by atoms with Gasteiger partial charge in [-0.25, -0.2) is 0 Å². The highest BCUT2D eigenvalue weighted by Crippen LogP contribution is 2.25. The van der Waals surface area contributed by atoms with Gasteiger partial charge in [0, 0.05) is 30.4 Å². The number of pyridine rings is 1. The second-order valence-electron chi connectivity index (χ2n) is 4.16. The summed E-state index contributed by atoms with van der Waals surface area (Å²) in [5.74, 6) is 0.843. The number of morpholine rings is 1. The van der Waals surface area contributed by atoms with Gasteiger partial charge in [-0.1, -0.05) is 0 Å². The van der Waals surface area contributed by atoms with Crippen molar-refractivity contribution in [3.63, 3.8) is 0 Å². The maximum absolute atomic E-state index is 5.77. The highest BCUT2D eigenvalue weighted by molar-refractivity contribution is 7.99. The molecule has 1 fully saturated rings. The number of ether oxygens (including phenoxy) is 1. The van der Waals surface area contributed by atoms with E-state index in [-0.39, 0.29) is 5.95 Å². The number of anilines is 2. The Kier molecular flexibility index (Phi) is 3.93. The quantitative estimate of drug-likeness (QED) is 0.889. The van der Waals surface area contributed by atoms with Crippen molar-refractivity contribution >= 4 is 23.7 Å². The number of rotatable bonds is 3. The highest BCUT2D eigenvalue weighted by atomic mass is 32.2. The van der Waals surface area contributed by atoms with Crippen LogP contribution in [0.1, 0.15) is 0 Å². The summed E-state index contributed by atoms with van der Waals surface area (Å²) in [5.41, 5.74) is 5.77. The van der Waals surface area contributed by atoms with Crippen molar-refractivity contribution in [3.05, 3.63) is 24.5 Å². The van der Waals surface area contributed by atoms with Gasteiger partial charge in [0.2, 0.25) is 11.9 Å². The molecule has 0 radical (unpaired) electrons. The molecule has 0 unspecified atom stereocenters. The molecule has 7 nitrogen and oxygen atoms in total. The molecule has 3 heterocycles. The van der Waals surface area contributed by atoms with E-state index >= 15 is 0 Å². The molecule has 0 saturated carbocycles. The van der Waals surface area contributed by atoms with Crippen molar-refractivity contribution in [2.45, 2.75) is 10.1 Å². The number of nitrogen functional groups attached to an aromatic ring is 1. The number of nitrogens with zero attached hydrogens (tertiary/aromatic N) is 5. The van der Waals surface area contributed by atoms with Gasteiger partial charge in [-0.15, -0.1) is 0 Å². The molecule has 2 aromatic rings. The number of nitrogens with two attached hydrogens (primary N) is 1. The van der Waals surface area contributed by atoms with E-state index in [9.17, 15) is 0 Å². The standard InChI is InChI=1S/C12H14N6OS/c13-10-15-11(18-5-7-19-8-6-18)17-12(16-10)20-9-1-3-14-4-2-9/h1-4H,5-8H2,(H2,13,15,16,17). The van der Waals surface area contributed by atoms with Crippen LogP contribution in [0.3, 0.4) is 0 Å². The topological polar surface area (TPSA) is 90.0 Å². The van der Waals surface area contributed by atoms with Gasteiger partial charge in [0.15, 0.2) is 5.16 Å². The normalized spacial score (nSPS) is 15.3. The molecular weight excluding hydrogens is 276 g/mol. The third kappa shape index (κ3) is 3.14. The Morgan fingerprint density at radius 2 is 1.85 bits per heavy atom. The van der Waals surface area contributed by atoms with Gasteiger partial charge in [-0.05, 0) is 23.9 Å². The van der Waals surface area contributed by atoms with Crippen LogP contribution >= 0.6 is 11.8 Å². The van der Waals surface area contributed by atoms with Crippen LogP contribution in [0.25, 0.3) is 0 Å². The number of hydrogen-bond acceptors (Lipinski definition) is 8. The monoisotopic (exact) mass is 290 g/mol. The van der Waals surface area contributed by atoms with Crippen molar-refractivity contribution < 1.29 is 4.74 Å². The molecule has 0 atom stereocenters. The summed E-state index contributed by atoms with van der Waals surface area (Å²) in [5, 5.41) is 0.588. The number of hydrogen-bond donors (Lipinski definition) is 1. The summed E-state index contributed by atoms with van der Waals surface area (Å²) >= 11 is 1.44. The Morgan fingerprint density at radius 1 is 1.10 bits per heavy atom. The third-order valence-corrected chi connectivity index (χ3v) is 3.65. The first-order valence-electron chi connectivity index (χ1n) is 6.23. The molecule has 0 aliphatic carbocycles. The van der Waals surface area contributed by atoms with Crippen LogP contribution in [0.4, 0.5) is 11.9 Å². The second kappa shape index (κ2) is 6.02. The van der Waals surface area contributed by atoms with Crippen molar-refractivity contribution in [3.8, 4) is 0 Å². The lowest BCUT2D eigenvalue weighted by Crippen LogP contribution is -2.37. The van der Waals surface area contributed by atoms with Crippen molar-refractivity contribution in [2.75, 3.05) is 36.9 Å². The van der Waals surface area contributed by atoms with E-state index in [0.29, 0.717) is 24.3 Å². The third-order valence-electron chi connectivity index (χ3n) is 2.77. The molecule has 1 aliphatic heterocycles. The Morgan fingerprint density at radius 3 is 2.60 bits per heavy atom. The van der Waals surface area contributed by atoms with E-state index in [0.717, 1.165) is 18.0 Å². The Balaban J connectivity index is 1.82. The van der Waals surface area contributed by atoms with Crippen molar-refractivity contribution in [1.82, 2.24) is 19.9 Å². The largest absolute Gasteiger partial charge is 0.378 e. The zero-order valence-electron chi connectivity index (χ0n) is 10.8. The van der Waals surface area contributed by atoms with Gasteiger partial charge >= 0.3 is 0 Å². The lowest BCUT2D eigenvalue weighted by atomic mass is 10.4. The maximum Gasteiger partial charge on any atom is 0.231 e. The van der Waals surface area contributed by atoms with Gasteiger partial charge in [0.05, 0.1) is 13.2 Å². The van der Waals surface area contributed by atoms with E-state index in [2.05, 4.69) is 24.8 Å². The molecule has 3 rings (SSSR count). The van der Waals surface area contributed by atoms with Gasteiger partial charge in [0.25, 0.3) is 0 Å². The molecule has 8 heteroatoms. The molecule has 104 valence electrons. The van der Waals surface area contributed by atoms with E-state index in [1.54, 1.807) is 12.4 Å². The lowest BCUT2D eigenvalue weighted by Gasteiger charge is -2.26. The predicted octanol–water partition coefficient (Wildman–Crippen LogP) is 0.837. The average Bonchev–Trinajstić information content (AvgIpc) is 2.49. The van der Waals surface area contributed by atoms with Gasteiger partial charge in [-0.3, -0.25) is 4.98 Å². The molecule has 1 saturated heterocycles. The zero-order chi connectivity index (χ0) is 13.8. The fraction of sp³-hybridized carbons (Fsp3) is 0.333. The van der Waals surface area contributed by atoms with Crippen LogP contribution in [0.5, 0.6) is 0 Å².